The molecule has 27 heavy (non-hydrogen) atoms. The summed E-state index contributed by atoms with van der Waals surface area (Å²) in [5, 5.41) is 5.18. The molecule has 1 aromatic rings. The Balaban J connectivity index is 1.45. The maximum atomic E-state index is 13.2. The number of rotatable bonds is 3. The number of imide groups is 1. The summed E-state index contributed by atoms with van der Waals surface area (Å²) in [7, 11) is 0. The summed E-state index contributed by atoms with van der Waals surface area (Å²) < 4.78 is 0. The summed E-state index contributed by atoms with van der Waals surface area (Å²) in [4.78, 5) is 31.0. The molecular weight excluding hydrogens is 358 g/mol. The van der Waals surface area contributed by atoms with Gasteiger partial charge in [0, 0.05) is 17.5 Å². The predicted octanol–water partition coefficient (Wildman–Crippen LogP) is 4.37. The molecule has 3 amide bonds. The molecule has 0 bridgehead atoms. The molecule has 1 unspecified atom stereocenters. The van der Waals surface area contributed by atoms with E-state index in [-0.39, 0.29) is 17.4 Å². The molecule has 1 aromatic heterocycles. The molecular formula is C21H31N3O2S. The van der Waals surface area contributed by atoms with E-state index in [1.54, 1.807) is 11.3 Å². The molecule has 0 aromatic carbocycles. The van der Waals surface area contributed by atoms with Crippen LogP contribution in [-0.4, -0.2) is 40.5 Å². The third-order valence-corrected chi connectivity index (χ3v) is 7.84. The Bertz CT molecular complexity index is 702. The Morgan fingerprint density at radius 3 is 2.59 bits per heavy atom. The third kappa shape index (κ3) is 3.42. The highest BCUT2D eigenvalue weighted by Crippen LogP contribution is 2.44. The maximum Gasteiger partial charge on any atom is 0.326 e. The normalized spacial score (nSPS) is 32.5. The van der Waals surface area contributed by atoms with E-state index in [4.69, 9.17) is 0 Å². The second-order valence-electron chi connectivity index (χ2n) is 9.51. The molecule has 3 heterocycles. The molecule has 6 heteroatoms. The van der Waals surface area contributed by atoms with Crippen LogP contribution in [0.5, 0.6) is 0 Å². The van der Waals surface area contributed by atoms with Crippen molar-refractivity contribution in [1.82, 2.24) is 15.1 Å². The number of hydrogen-bond donors (Lipinski definition) is 1. The van der Waals surface area contributed by atoms with Gasteiger partial charge in [-0.2, -0.15) is 0 Å². The van der Waals surface area contributed by atoms with Crippen molar-refractivity contribution in [1.29, 1.82) is 0 Å². The van der Waals surface area contributed by atoms with Crippen molar-refractivity contribution < 1.29 is 9.59 Å². The van der Waals surface area contributed by atoms with Gasteiger partial charge in [-0.15, -0.1) is 11.3 Å². The van der Waals surface area contributed by atoms with Gasteiger partial charge >= 0.3 is 6.03 Å². The van der Waals surface area contributed by atoms with Crippen LogP contribution in [0.15, 0.2) is 17.5 Å². The van der Waals surface area contributed by atoms with Crippen LogP contribution in [0.2, 0.25) is 0 Å². The number of hydrogen-bond acceptors (Lipinski definition) is 4. The first-order valence-electron chi connectivity index (χ1n) is 10.2. The van der Waals surface area contributed by atoms with Gasteiger partial charge in [0.2, 0.25) is 0 Å². The molecule has 3 aliphatic rings. The van der Waals surface area contributed by atoms with Gasteiger partial charge in [0.1, 0.15) is 5.54 Å². The smallest absolute Gasteiger partial charge is 0.323 e. The number of thiophene rings is 1. The van der Waals surface area contributed by atoms with Gasteiger partial charge in [0.25, 0.3) is 5.91 Å². The van der Waals surface area contributed by atoms with Crippen molar-refractivity contribution in [3.8, 4) is 0 Å². The predicted molar refractivity (Wildman–Crippen MR) is 107 cm³/mol. The number of likely N-dealkylation sites (tertiary alicyclic amines) is 1. The zero-order chi connectivity index (χ0) is 19.2. The van der Waals surface area contributed by atoms with E-state index < -0.39 is 5.54 Å². The summed E-state index contributed by atoms with van der Waals surface area (Å²) in [5.41, 5.74) is -0.395. The first-order valence-corrected chi connectivity index (χ1v) is 11.1. The number of urea groups is 1. The van der Waals surface area contributed by atoms with E-state index in [2.05, 4.69) is 48.5 Å². The Morgan fingerprint density at radius 2 is 1.96 bits per heavy atom. The van der Waals surface area contributed by atoms with Gasteiger partial charge < -0.3 is 5.32 Å². The van der Waals surface area contributed by atoms with E-state index in [9.17, 15) is 9.59 Å². The molecule has 1 atom stereocenters. The standard InChI is InChI=1S/C21H31N3O2S/c1-20(2,3)15-8-10-21(11-9-15)18(25)24(19(26)22-21)14-23-12-4-6-16(23)17-7-5-13-27-17/h5,7,13,15-16H,4,6,8-12,14H2,1-3H3,(H,22,26). The lowest BCUT2D eigenvalue weighted by molar-refractivity contribution is -0.134. The zero-order valence-electron chi connectivity index (χ0n) is 16.7. The molecule has 1 spiro atoms. The number of carbonyl (C=O) groups is 2. The molecule has 2 aliphatic heterocycles. The van der Waals surface area contributed by atoms with Crippen molar-refractivity contribution in [3.63, 3.8) is 0 Å². The summed E-state index contributed by atoms with van der Waals surface area (Å²) in [6.07, 6.45) is 5.76. The zero-order valence-corrected chi connectivity index (χ0v) is 17.5. The number of amides is 3. The van der Waals surface area contributed by atoms with Gasteiger partial charge in [0.15, 0.2) is 0 Å². The molecule has 2 saturated heterocycles. The average molecular weight is 390 g/mol. The van der Waals surface area contributed by atoms with Crippen LogP contribution in [0.3, 0.4) is 0 Å². The lowest BCUT2D eigenvalue weighted by Crippen LogP contribution is -2.51. The molecule has 5 nitrogen and oxygen atoms in total. The molecule has 0 radical (unpaired) electrons. The maximum absolute atomic E-state index is 13.2. The second kappa shape index (κ2) is 6.89. The summed E-state index contributed by atoms with van der Waals surface area (Å²) in [6.45, 7) is 8.18. The molecule has 1 aliphatic carbocycles. The topological polar surface area (TPSA) is 52.7 Å². The SMILES string of the molecule is CC(C)(C)C1CCC2(CC1)NC(=O)N(CN1CCCC1c1cccs1)C2=O. The van der Waals surface area contributed by atoms with Gasteiger partial charge in [-0.1, -0.05) is 26.8 Å². The van der Waals surface area contributed by atoms with Gasteiger partial charge in [-0.3, -0.25) is 9.69 Å². The number of carbonyl (C=O) groups excluding carboxylic acids is 2. The highest BCUT2D eigenvalue weighted by molar-refractivity contribution is 7.10. The first-order chi connectivity index (χ1) is 12.8. The Kier molecular flexibility index (Phi) is 4.83. The minimum absolute atomic E-state index is 0.00307. The quantitative estimate of drug-likeness (QED) is 0.781. The Labute approximate surface area is 166 Å². The minimum Gasteiger partial charge on any atom is -0.323 e. The minimum atomic E-state index is -0.656. The van der Waals surface area contributed by atoms with E-state index in [1.165, 1.54) is 9.78 Å². The van der Waals surface area contributed by atoms with Gasteiger partial charge in [0.05, 0.1) is 6.67 Å². The van der Waals surface area contributed by atoms with E-state index in [1.807, 2.05) is 0 Å². The lowest BCUT2D eigenvalue weighted by Gasteiger charge is -2.40. The average Bonchev–Trinajstić information content (AvgIpc) is 3.33. The monoisotopic (exact) mass is 389 g/mol. The molecule has 3 fully saturated rings. The summed E-state index contributed by atoms with van der Waals surface area (Å²) in [5.74, 6) is 0.611. The summed E-state index contributed by atoms with van der Waals surface area (Å²) in [6, 6.07) is 4.37. The van der Waals surface area contributed by atoms with E-state index in [0.717, 1.165) is 45.1 Å². The van der Waals surface area contributed by atoms with Crippen LogP contribution in [0.4, 0.5) is 4.79 Å². The van der Waals surface area contributed by atoms with Crippen LogP contribution < -0.4 is 5.32 Å². The third-order valence-electron chi connectivity index (χ3n) is 6.87. The van der Waals surface area contributed by atoms with Gasteiger partial charge in [-0.05, 0) is 61.3 Å². The fourth-order valence-corrected chi connectivity index (χ4v) is 6.00. The van der Waals surface area contributed by atoms with Gasteiger partial charge in [-0.25, -0.2) is 9.69 Å². The lowest BCUT2D eigenvalue weighted by atomic mass is 9.67. The first kappa shape index (κ1) is 18.9. The van der Waals surface area contributed by atoms with Crippen LogP contribution in [0.1, 0.15) is 70.2 Å². The Morgan fingerprint density at radius 1 is 1.22 bits per heavy atom. The highest BCUT2D eigenvalue weighted by Gasteiger charge is 2.53. The fourth-order valence-electron chi connectivity index (χ4n) is 5.10. The molecule has 4 rings (SSSR count). The van der Waals surface area contributed by atoms with Crippen molar-refractivity contribution in [2.75, 3.05) is 13.2 Å². The number of nitrogens with one attached hydrogen (secondary N) is 1. The fraction of sp³-hybridized carbons (Fsp3) is 0.714. The molecule has 1 saturated carbocycles. The Hall–Kier alpha value is -1.40. The largest absolute Gasteiger partial charge is 0.326 e. The second-order valence-corrected chi connectivity index (χ2v) is 10.5. The highest BCUT2D eigenvalue weighted by atomic mass is 32.1. The van der Waals surface area contributed by atoms with Crippen LogP contribution in [-0.2, 0) is 4.79 Å². The van der Waals surface area contributed by atoms with Crippen LogP contribution in [0, 0.1) is 11.3 Å². The summed E-state index contributed by atoms with van der Waals surface area (Å²) >= 11 is 1.76. The van der Waals surface area contributed by atoms with Crippen LogP contribution >= 0.6 is 11.3 Å². The number of nitrogens with zero attached hydrogens (tertiary/aromatic N) is 2. The van der Waals surface area contributed by atoms with E-state index >= 15 is 0 Å². The van der Waals surface area contributed by atoms with Crippen molar-refractivity contribution in [2.24, 2.45) is 11.3 Å². The molecule has 148 valence electrons. The van der Waals surface area contributed by atoms with Crippen molar-refractivity contribution in [3.05, 3.63) is 22.4 Å². The van der Waals surface area contributed by atoms with E-state index in [0.29, 0.717) is 18.6 Å². The van der Waals surface area contributed by atoms with Crippen molar-refractivity contribution in [2.45, 2.75) is 70.9 Å². The molecule has 1 N–H and O–H groups in total. The van der Waals surface area contributed by atoms with Crippen LogP contribution in [0.25, 0.3) is 0 Å². The van der Waals surface area contributed by atoms with Crippen molar-refractivity contribution >= 4 is 23.3 Å².